The van der Waals surface area contributed by atoms with Gasteiger partial charge in [-0.25, -0.2) is 9.48 Å². The van der Waals surface area contributed by atoms with Crippen molar-refractivity contribution in [3.63, 3.8) is 0 Å². The largest absolute Gasteiger partial charge is 0.457 e. The van der Waals surface area contributed by atoms with Gasteiger partial charge in [0, 0.05) is 30.1 Å². The Balaban J connectivity index is 1.47. The highest BCUT2D eigenvalue weighted by Crippen LogP contribution is 2.19. The van der Waals surface area contributed by atoms with Crippen molar-refractivity contribution in [1.82, 2.24) is 14.8 Å². The number of carbonyl (C=O) groups is 2. The summed E-state index contributed by atoms with van der Waals surface area (Å²) in [6.07, 6.45) is 5.29. The number of nitrogens with zero attached hydrogens (tertiary/aromatic N) is 2. The Bertz CT molecular complexity index is 1050. The number of aromatic amines is 1. The Morgan fingerprint density at radius 3 is 2.74 bits per heavy atom. The summed E-state index contributed by atoms with van der Waals surface area (Å²) in [6.45, 7) is 0.0304. The number of ether oxygens (including phenoxy) is 1. The molecule has 7 heteroatoms. The normalized spacial score (nSPS) is 13.3. The Labute approximate surface area is 154 Å². The molecular weight excluding hydrogens is 346 g/mol. The minimum Gasteiger partial charge on any atom is -0.457 e. The van der Waals surface area contributed by atoms with Crippen LogP contribution in [0.1, 0.15) is 44.8 Å². The SMILES string of the molecule is O=C1CCCc2[nH]c(=O)c(C(=O)OCc3ccc(-n4cccn4)cc3)cc21. The number of nitrogens with one attached hydrogen (secondary N) is 1. The molecule has 0 saturated carbocycles. The molecule has 0 bridgehead atoms. The molecule has 2 aromatic heterocycles. The van der Waals surface area contributed by atoms with E-state index in [9.17, 15) is 14.4 Å². The minimum absolute atomic E-state index is 0.0304. The van der Waals surface area contributed by atoms with E-state index in [1.807, 2.05) is 36.5 Å². The molecule has 3 aromatic rings. The van der Waals surface area contributed by atoms with Crippen LogP contribution in [0, 0.1) is 0 Å². The number of hydrogen-bond donors (Lipinski definition) is 1. The van der Waals surface area contributed by atoms with Crippen LogP contribution in [0.15, 0.2) is 53.6 Å². The molecule has 4 rings (SSSR count). The molecule has 27 heavy (non-hydrogen) atoms. The topological polar surface area (TPSA) is 94.0 Å². The van der Waals surface area contributed by atoms with Gasteiger partial charge in [-0.2, -0.15) is 5.10 Å². The summed E-state index contributed by atoms with van der Waals surface area (Å²) < 4.78 is 6.98. The first kappa shape index (κ1) is 17.0. The number of carbonyl (C=O) groups excluding carboxylic acids is 2. The van der Waals surface area contributed by atoms with Crippen LogP contribution in [0.4, 0.5) is 0 Å². The van der Waals surface area contributed by atoms with Crippen molar-refractivity contribution in [3.05, 3.63) is 81.5 Å². The number of Topliss-reactive ketones (excluding diaryl/α,β-unsaturated/α-hetero) is 1. The summed E-state index contributed by atoms with van der Waals surface area (Å²) >= 11 is 0. The zero-order valence-electron chi connectivity index (χ0n) is 14.5. The second kappa shape index (κ2) is 7.03. The van der Waals surface area contributed by atoms with Crippen molar-refractivity contribution in [2.24, 2.45) is 0 Å². The molecule has 2 heterocycles. The van der Waals surface area contributed by atoms with E-state index in [2.05, 4.69) is 10.1 Å². The quantitative estimate of drug-likeness (QED) is 0.719. The number of hydrogen-bond acceptors (Lipinski definition) is 5. The van der Waals surface area contributed by atoms with Gasteiger partial charge in [0.15, 0.2) is 5.78 Å². The average molecular weight is 363 g/mol. The van der Waals surface area contributed by atoms with Crippen molar-refractivity contribution in [2.75, 3.05) is 0 Å². The monoisotopic (exact) mass is 363 g/mol. The van der Waals surface area contributed by atoms with Gasteiger partial charge in [-0.3, -0.25) is 9.59 Å². The molecule has 136 valence electrons. The number of aryl methyl sites for hydroxylation is 1. The zero-order valence-corrected chi connectivity index (χ0v) is 14.5. The van der Waals surface area contributed by atoms with E-state index in [0.717, 1.165) is 11.3 Å². The minimum atomic E-state index is -0.742. The Hall–Kier alpha value is -3.48. The van der Waals surface area contributed by atoms with E-state index in [1.54, 1.807) is 10.9 Å². The van der Waals surface area contributed by atoms with Crippen LogP contribution in [0.5, 0.6) is 0 Å². The van der Waals surface area contributed by atoms with Gasteiger partial charge in [0.25, 0.3) is 5.56 Å². The number of ketones is 1. The number of esters is 1. The van der Waals surface area contributed by atoms with Crippen LogP contribution in [-0.2, 0) is 17.8 Å². The van der Waals surface area contributed by atoms with E-state index >= 15 is 0 Å². The highest BCUT2D eigenvalue weighted by molar-refractivity contribution is 6.00. The summed E-state index contributed by atoms with van der Waals surface area (Å²) in [4.78, 5) is 39.1. The highest BCUT2D eigenvalue weighted by Gasteiger charge is 2.22. The first-order valence-electron chi connectivity index (χ1n) is 8.67. The van der Waals surface area contributed by atoms with E-state index in [1.165, 1.54) is 6.07 Å². The third-order valence-electron chi connectivity index (χ3n) is 4.55. The fourth-order valence-corrected chi connectivity index (χ4v) is 3.12. The molecule has 1 aliphatic rings. The van der Waals surface area contributed by atoms with Crippen LogP contribution in [0.3, 0.4) is 0 Å². The van der Waals surface area contributed by atoms with Crippen molar-refractivity contribution < 1.29 is 14.3 Å². The number of benzene rings is 1. The zero-order chi connectivity index (χ0) is 18.8. The predicted octanol–water partition coefficient (Wildman–Crippen LogP) is 2.44. The number of pyridine rings is 1. The van der Waals surface area contributed by atoms with Crippen LogP contribution in [0.2, 0.25) is 0 Å². The molecule has 0 aliphatic heterocycles. The Kier molecular flexibility index (Phi) is 4.42. The van der Waals surface area contributed by atoms with Crippen molar-refractivity contribution >= 4 is 11.8 Å². The maximum atomic E-state index is 12.3. The lowest BCUT2D eigenvalue weighted by Gasteiger charge is -2.14. The lowest BCUT2D eigenvalue weighted by atomic mass is 9.94. The van der Waals surface area contributed by atoms with Gasteiger partial charge >= 0.3 is 5.97 Å². The second-order valence-electron chi connectivity index (χ2n) is 6.37. The molecule has 0 radical (unpaired) electrons. The fourth-order valence-electron chi connectivity index (χ4n) is 3.12. The summed E-state index contributed by atoms with van der Waals surface area (Å²) in [5, 5.41) is 4.15. The third kappa shape index (κ3) is 3.44. The van der Waals surface area contributed by atoms with Crippen LogP contribution in [-0.4, -0.2) is 26.5 Å². The van der Waals surface area contributed by atoms with E-state index in [4.69, 9.17) is 4.74 Å². The maximum absolute atomic E-state index is 12.3. The number of H-pyrrole nitrogens is 1. The van der Waals surface area contributed by atoms with Gasteiger partial charge in [0.2, 0.25) is 0 Å². The van der Waals surface area contributed by atoms with E-state index in [-0.39, 0.29) is 18.0 Å². The summed E-state index contributed by atoms with van der Waals surface area (Å²) in [7, 11) is 0. The Morgan fingerprint density at radius 2 is 2.00 bits per heavy atom. The van der Waals surface area contributed by atoms with E-state index < -0.39 is 11.5 Å². The number of aromatic nitrogens is 3. The maximum Gasteiger partial charge on any atom is 0.344 e. The summed E-state index contributed by atoms with van der Waals surface area (Å²) in [5.74, 6) is -0.802. The van der Waals surface area contributed by atoms with Gasteiger partial charge in [-0.1, -0.05) is 12.1 Å². The molecule has 7 nitrogen and oxygen atoms in total. The molecule has 0 fully saturated rings. The average Bonchev–Trinajstić information content (AvgIpc) is 3.21. The molecule has 0 amide bonds. The van der Waals surface area contributed by atoms with Crippen LogP contribution in [0.25, 0.3) is 5.69 Å². The molecule has 1 N–H and O–H groups in total. The molecule has 1 aliphatic carbocycles. The fraction of sp³-hybridized carbons (Fsp3) is 0.200. The van der Waals surface area contributed by atoms with E-state index in [0.29, 0.717) is 30.5 Å². The molecule has 0 saturated heterocycles. The highest BCUT2D eigenvalue weighted by atomic mass is 16.5. The van der Waals surface area contributed by atoms with Crippen molar-refractivity contribution in [1.29, 1.82) is 0 Å². The van der Waals surface area contributed by atoms with Gasteiger partial charge in [-0.15, -0.1) is 0 Å². The standard InChI is InChI=1S/C20H17N3O4/c24-18-4-1-3-17-15(18)11-16(19(25)22-17)20(26)27-12-13-5-7-14(8-6-13)23-10-2-9-21-23/h2,5-11H,1,3-4,12H2,(H,22,25). The first-order chi connectivity index (χ1) is 13.1. The Morgan fingerprint density at radius 1 is 1.19 bits per heavy atom. The van der Waals surface area contributed by atoms with Crippen molar-refractivity contribution in [3.8, 4) is 5.69 Å². The molecule has 1 aromatic carbocycles. The smallest absolute Gasteiger partial charge is 0.344 e. The molecule has 0 unspecified atom stereocenters. The number of fused-ring (bicyclic) bond motifs is 1. The molecular formula is C20H17N3O4. The summed E-state index contributed by atoms with van der Waals surface area (Å²) in [5.41, 5.74) is 2.02. The van der Waals surface area contributed by atoms with Gasteiger partial charge in [0.05, 0.1) is 5.69 Å². The van der Waals surface area contributed by atoms with Crippen molar-refractivity contribution in [2.45, 2.75) is 25.9 Å². The summed E-state index contributed by atoms with van der Waals surface area (Å²) in [6, 6.07) is 10.6. The predicted molar refractivity (Wildman–Crippen MR) is 97.0 cm³/mol. The lowest BCUT2D eigenvalue weighted by molar-refractivity contribution is 0.0470. The van der Waals surface area contributed by atoms with Crippen LogP contribution >= 0.6 is 0 Å². The number of rotatable bonds is 4. The third-order valence-corrected chi connectivity index (χ3v) is 4.55. The van der Waals surface area contributed by atoms with Gasteiger partial charge in [-0.05, 0) is 42.7 Å². The molecule has 0 atom stereocenters. The van der Waals surface area contributed by atoms with Gasteiger partial charge in [0.1, 0.15) is 12.2 Å². The first-order valence-corrected chi connectivity index (χ1v) is 8.67. The lowest BCUT2D eigenvalue weighted by Crippen LogP contribution is -2.25. The van der Waals surface area contributed by atoms with Crippen LogP contribution < -0.4 is 5.56 Å². The molecule has 0 spiro atoms. The second-order valence-corrected chi connectivity index (χ2v) is 6.37. The van der Waals surface area contributed by atoms with Gasteiger partial charge < -0.3 is 9.72 Å².